The summed E-state index contributed by atoms with van der Waals surface area (Å²) in [5, 5.41) is 3.10. The van der Waals surface area contributed by atoms with Crippen molar-refractivity contribution in [2.24, 2.45) is 0 Å². The molecule has 1 atom stereocenters. The van der Waals surface area contributed by atoms with Gasteiger partial charge in [-0.1, -0.05) is 28.1 Å². The summed E-state index contributed by atoms with van der Waals surface area (Å²) in [7, 11) is 1.39. The number of esters is 1. The van der Waals surface area contributed by atoms with Crippen LogP contribution in [0.25, 0.3) is 0 Å². The highest BCUT2D eigenvalue weighted by molar-refractivity contribution is 9.10. The van der Waals surface area contributed by atoms with Crippen LogP contribution in [-0.4, -0.2) is 19.1 Å². The molecule has 88 valence electrons. The van der Waals surface area contributed by atoms with Gasteiger partial charge in [-0.05, 0) is 31.0 Å². The van der Waals surface area contributed by atoms with E-state index in [2.05, 4.69) is 26.0 Å². The summed E-state index contributed by atoms with van der Waals surface area (Å²) in [6.45, 7) is 4.47. The van der Waals surface area contributed by atoms with E-state index >= 15 is 0 Å². The molecule has 0 aliphatic heterocycles. The van der Waals surface area contributed by atoms with Crippen LogP contribution in [0.5, 0.6) is 0 Å². The van der Waals surface area contributed by atoms with Gasteiger partial charge >= 0.3 is 5.97 Å². The molecular weight excluding hydrogens is 270 g/mol. The molecule has 0 amide bonds. The number of halogens is 1. The molecule has 0 heterocycles. The van der Waals surface area contributed by atoms with E-state index in [-0.39, 0.29) is 12.0 Å². The van der Waals surface area contributed by atoms with E-state index in [1.54, 1.807) is 6.92 Å². The number of aryl methyl sites for hydroxylation is 1. The fourth-order valence-electron chi connectivity index (χ4n) is 1.28. The summed E-state index contributed by atoms with van der Waals surface area (Å²) >= 11 is 3.48. The van der Waals surface area contributed by atoms with Crippen LogP contribution in [0.15, 0.2) is 22.7 Å². The molecule has 1 aromatic carbocycles. The molecule has 0 aliphatic carbocycles. The molecule has 3 nitrogen and oxygen atoms in total. The molecule has 4 heteroatoms. The lowest BCUT2D eigenvalue weighted by Crippen LogP contribution is -2.34. The maximum absolute atomic E-state index is 11.2. The van der Waals surface area contributed by atoms with Crippen molar-refractivity contribution >= 4 is 21.9 Å². The predicted molar refractivity (Wildman–Crippen MR) is 67.2 cm³/mol. The van der Waals surface area contributed by atoms with Crippen molar-refractivity contribution in [1.29, 1.82) is 0 Å². The average molecular weight is 286 g/mol. The molecule has 0 radical (unpaired) electrons. The van der Waals surface area contributed by atoms with E-state index < -0.39 is 0 Å². The topological polar surface area (TPSA) is 38.3 Å². The van der Waals surface area contributed by atoms with Gasteiger partial charge in [0.1, 0.15) is 6.04 Å². The van der Waals surface area contributed by atoms with E-state index in [1.165, 1.54) is 12.7 Å². The largest absolute Gasteiger partial charge is 0.468 e. The minimum Gasteiger partial charge on any atom is -0.468 e. The van der Waals surface area contributed by atoms with Gasteiger partial charge in [0, 0.05) is 11.0 Å². The second kappa shape index (κ2) is 6.01. The zero-order valence-electron chi connectivity index (χ0n) is 9.71. The lowest BCUT2D eigenvalue weighted by Gasteiger charge is -2.11. The number of carbonyl (C=O) groups excluding carboxylic acids is 1. The Kier molecular flexibility index (Phi) is 4.96. The average Bonchev–Trinajstić information content (AvgIpc) is 2.29. The van der Waals surface area contributed by atoms with Gasteiger partial charge in [0.2, 0.25) is 0 Å². The van der Waals surface area contributed by atoms with Gasteiger partial charge in [-0.15, -0.1) is 0 Å². The Morgan fingerprint density at radius 2 is 2.25 bits per heavy atom. The predicted octanol–water partition coefficient (Wildman–Crippen LogP) is 2.41. The van der Waals surface area contributed by atoms with E-state index in [9.17, 15) is 4.79 Å². The van der Waals surface area contributed by atoms with Gasteiger partial charge < -0.3 is 10.1 Å². The van der Waals surface area contributed by atoms with Crippen LogP contribution < -0.4 is 5.32 Å². The highest BCUT2D eigenvalue weighted by Gasteiger charge is 2.11. The summed E-state index contributed by atoms with van der Waals surface area (Å²) in [6.07, 6.45) is 0. The molecule has 0 bridgehead atoms. The van der Waals surface area contributed by atoms with Gasteiger partial charge in [0.15, 0.2) is 0 Å². The van der Waals surface area contributed by atoms with Gasteiger partial charge in [0.25, 0.3) is 0 Å². The highest BCUT2D eigenvalue weighted by atomic mass is 79.9. The normalized spacial score (nSPS) is 12.2. The Hall–Kier alpha value is -0.870. The lowest BCUT2D eigenvalue weighted by molar-refractivity contribution is -0.142. The Bertz CT molecular complexity index is 379. The zero-order valence-corrected chi connectivity index (χ0v) is 11.3. The van der Waals surface area contributed by atoms with Gasteiger partial charge in [-0.3, -0.25) is 4.79 Å². The number of rotatable bonds is 4. The molecule has 0 aliphatic rings. The van der Waals surface area contributed by atoms with Gasteiger partial charge in [-0.2, -0.15) is 0 Å². The molecule has 0 saturated heterocycles. The summed E-state index contributed by atoms with van der Waals surface area (Å²) in [4.78, 5) is 11.2. The van der Waals surface area contributed by atoms with E-state index in [4.69, 9.17) is 0 Å². The lowest BCUT2D eigenvalue weighted by atomic mass is 10.1. The standard InChI is InChI=1S/C12H16BrNO2/c1-8-4-5-10(6-11(8)13)7-14-9(2)12(15)16-3/h4-6,9,14H,7H2,1-3H3. The van der Waals surface area contributed by atoms with Crippen molar-refractivity contribution < 1.29 is 9.53 Å². The van der Waals surface area contributed by atoms with Crippen LogP contribution in [0.4, 0.5) is 0 Å². The number of hydrogen-bond acceptors (Lipinski definition) is 3. The van der Waals surface area contributed by atoms with Crippen molar-refractivity contribution in [2.45, 2.75) is 26.4 Å². The first-order valence-corrected chi connectivity index (χ1v) is 5.90. The first-order valence-electron chi connectivity index (χ1n) is 5.11. The fourth-order valence-corrected chi connectivity index (χ4v) is 1.70. The van der Waals surface area contributed by atoms with Crippen LogP contribution in [0.2, 0.25) is 0 Å². The van der Waals surface area contributed by atoms with Crippen LogP contribution in [0.1, 0.15) is 18.1 Å². The monoisotopic (exact) mass is 285 g/mol. The van der Waals surface area contributed by atoms with Crippen LogP contribution in [0, 0.1) is 6.92 Å². The Balaban J connectivity index is 2.55. The molecule has 0 spiro atoms. The number of carbonyl (C=O) groups is 1. The first kappa shape index (κ1) is 13.2. The number of benzene rings is 1. The first-order chi connectivity index (χ1) is 7.54. The molecule has 0 saturated carbocycles. The molecule has 0 aromatic heterocycles. The van der Waals surface area contributed by atoms with E-state index in [1.807, 2.05) is 25.1 Å². The van der Waals surface area contributed by atoms with Crippen molar-refractivity contribution in [3.63, 3.8) is 0 Å². The van der Waals surface area contributed by atoms with Gasteiger partial charge in [0.05, 0.1) is 7.11 Å². The third-order valence-corrected chi connectivity index (χ3v) is 3.26. The van der Waals surface area contributed by atoms with E-state index in [0.717, 1.165) is 10.0 Å². The number of ether oxygens (including phenoxy) is 1. The SMILES string of the molecule is COC(=O)C(C)NCc1ccc(C)c(Br)c1. The summed E-state index contributed by atoms with van der Waals surface area (Å²) in [5.41, 5.74) is 2.33. The maximum Gasteiger partial charge on any atom is 0.322 e. The molecule has 1 N–H and O–H groups in total. The highest BCUT2D eigenvalue weighted by Crippen LogP contribution is 2.17. The smallest absolute Gasteiger partial charge is 0.322 e. The van der Waals surface area contributed by atoms with Crippen LogP contribution in [0.3, 0.4) is 0 Å². The molecular formula is C12H16BrNO2. The molecule has 16 heavy (non-hydrogen) atoms. The van der Waals surface area contributed by atoms with Crippen molar-refractivity contribution in [3.8, 4) is 0 Å². The second-order valence-electron chi connectivity index (χ2n) is 3.71. The van der Waals surface area contributed by atoms with Crippen LogP contribution in [-0.2, 0) is 16.1 Å². The summed E-state index contributed by atoms with van der Waals surface area (Å²) < 4.78 is 5.71. The third kappa shape index (κ3) is 3.61. The number of methoxy groups -OCH3 is 1. The molecule has 0 fully saturated rings. The third-order valence-electron chi connectivity index (χ3n) is 2.40. The number of hydrogen-bond donors (Lipinski definition) is 1. The Labute approximate surface area is 104 Å². The van der Waals surface area contributed by atoms with E-state index in [0.29, 0.717) is 6.54 Å². The Morgan fingerprint density at radius 1 is 1.56 bits per heavy atom. The van der Waals surface area contributed by atoms with Gasteiger partial charge in [-0.25, -0.2) is 0 Å². The second-order valence-corrected chi connectivity index (χ2v) is 4.56. The molecule has 1 aromatic rings. The maximum atomic E-state index is 11.2. The van der Waals surface area contributed by atoms with Crippen molar-refractivity contribution in [2.75, 3.05) is 7.11 Å². The minimum atomic E-state index is -0.287. The molecule has 1 rings (SSSR count). The van der Waals surface area contributed by atoms with Crippen molar-refractivity contribution in [3.05, 3.63) is 33.8 Å². The summed E-state index contributed by atoms with van der Waals surface area (Å²) in [5.74, 6) is -0.244. The quantitative estimate of drug-likeness (QED) is 0.864. The van der Waals surface area contributed by atoms with Crippen LogP contribution >= 0.6 is 15.9 Å². The fraction of sp³-hybridized carbons (Fsp3) is 0.417. The Morgan fingerprint density at radius 3 is 2.81 bits per heavy atom. The molecule has 1 unspecified atom stereocenters. The minimum absolute atomic E-state index is 0.244. The number of nitrogens with one attached hydrogen (secondary N) is 1. The van der Waals surface area contributed by atoms with Crippen molar-refractivity contribution in [1.82, 2.24) is 5.32 Å². The zero-order chi connectivity index (χ0) is 12.1. The summed E-state index contributed by atoms with van der Waals surface area (Å²) in [6, 6.07) is 5.85.